The van der Waals surface area contributed by atoms with Gasteiger partial charge in [-0.2, -0.15) is 0 Å². The summed E-state index contributed by atoms with van der Waals surface area (Å²) in [6.45, 7) is 2.95. The minimum Gasteiger partial charge on any atom is -0.385 e. The lowest BCUT2D eigenvalue weighted by atomic mass is 9.96. The van der Waals surface area contributed by atoms with Crippen LogP contribution in [0, 0.1) is 0 Å². The molecule has 3 aliphatic heterocycles. The largest absolute Gasteiger partial charge is 0.385 e. The summed E-state index contributed by atoms with van der Waals surface area (Å²) in [6.07, 6.45) is 4.43. The molecule has 3 aliphatic rings. The minimum absolute atomic E-state index is 0.0590. The van der Waals surface area contributed by atoms with Crippen LogP contribution in [0.5, 0.6) is 0 Å². The van der Waals surface area contributed by atoms with E-state index in [2.05, 4.69) is 20.0 Å². The van der Waals surface area contributed by atoms with Gasteiger partial charge < -0.3 is 15.4 Å². The van der Waals surface area contributed by atoms with Gasteiger partial charge in [0.1, 0.15) is 21.5 Å². The Morgan fingerprint density at radius 2 is 1.90 bits per heavy atom. The molecule has 0 spiro atoms. The van der Waals surface area contributed by atoms with Crippen LogP contribution in [-0.4, -0.2) is 86.3 Å². The SMILES string of the molecule is CS(=O)(=O)C[C@H]1CN(C2CCN(C3=NN=C(N)C3)CC2)[C@@H](Cc2ccc(Cl)cc2)CO1. The number of rotatable bonds is 5. The van der Waals surface area contributed by atoms with E-state index in [0.29, 0.717) is 31.4 Å². The van der Waals surface area contributed by atoms with Gasteiger partial charge in [-0.05, 0) is 37.0 Å². The fourth-order valence-electron chi connectivity index (χ4n) is 4.72. The second kappa shape index (κ2) is 9.44. The average Bonchev–Trinajstić information content (AvgIpc) is 3.16. The summed E-state index contributed by atoms with van der Waals surface area (Å²) in [5.74, 6) is 1.58. The Hall–Kier alpha value is -1.68. The first-order valence-electron chi connectivity index (χ1n) is 10.7. The van der Waals surface area contributed by atoms with Gasteiger partial charge in [-0.3, -0.25) is 4.90 Å². The Bertz CT molecular complexity index is 942. The standard InChI is InChI=1S/C21H30ClN5O3S/c1-31(28,29)14-19-12-27(18(13-30-19)10-15-2-4-16(22)5-3-15)17-6-8-26(9-7-17)21-11-20(23)24-25-21/h2-5,17-19H,6-14H2,1H3,(H2,23,24)/t18-,19+/m0/s1. The van der Waals surface area contributed by atoms with Gasteiger partial charge in [0.2, 0.25) is 0 Å². The normalized spacial score (nSPS) is 26.1. The topological polar surface area (TPSA) is 101 Å². The van der Waals surface area contributed by atoms with Crippen LogP contribution in [0.3, 0.4) is 0 Å². The van der Waals surface area contributed by atoms with Crippen molar-refractivity contribution >= 4 is 33.1 Å². The highest BCUT2D eigenvalue weighted by Gasteiger charge is 2.37. The Labute approximate surface area is 189 Å². The molecule has 8 nitrogen and oxygen atoms in total. The number of likely N-dealkylation sites (tertiary alicyclic amines) is 1. The molecule has 0 saturated carbocycles. The summed E-state index contributed by atoms with van der Waals surface area (Å²) >= 11 is 6.04. The van der Waals surface area contributed by atoms with Gasteiger partial charge in [0.15, 0.2) is 0 Å². The molecule has 31 heavy (non-hydrogen) atoms. The predicted octanol–water partition coefficient (Wildman–Crippen LogP) is 1.54. The second-order valence-corrected chi connectivity index (χ2v) is 11.4. The van der Waals surface area contributed by atoms with E-state index >= 15 is 0 Å². The number of hydrogen-bond acceptors (Lipinski definition) is 8. The molecule has 2 atom stereocenters. The van der Waals surface area contributed by atoms with Crippen molar-refractivity contribution in [1.29, 1.82) is 0 Å². The number of benzene rings is 1. The molecule has 3 heterocycles. The zero-order valence-electron chi connectivity index (χ0n) is 17.8. The number of ether oxygens (including phenoxy) is 1. The van der Waals surface area contributed by atoms with Crippen LogP contribution in [-0.2, 0) is 21.0 Å². The fourth-order valence-corrected chi connectivity index (χ4v) is 5.72. The maximum Gasteiger partial charge on any atom is 0.150 e. The highest BCUT2D eigenvalue weighted by Crippen LogP contribution is 2.26. The van der Waals surface area contributed by atoms with E-state index in [1.165, 1.54) is 11.8 Å². The first kappa shape index (κ1) is 22.5. The highest BCUT2D eigenvalue weighted by atomic mass is 35.5. The van der Waals surface area contributed by atoms with Crippen molar-refractivity contribution in [3.63, 3.8) is 0 Å². The molecule has 4 rings (SSSR count). The summed E-state index contributed by atoms with van der Waals surface area (Å²) in [7, 11) is -3.10. The number of halogens is 1. The third-order valence-electron chi connectivity index (χ3n) is 6.21. The van der Waals surface area contributed by atoms with Crippen molar-refractivity contribution in [3.8, 4) is 0 Å². The first-order chi connectivity index (χ1) is 14.8. The molecule has 0 aliphatic carbocycles. The smallest absolute Gasteiger partial charge is 0.150 e. The van der Waals surface area contributed by atoms with Gasteiger partial charge in [-0.1, -0.05) is 23.7 Å². The van der Waals surface area contributed by atoms with E-state index in [0.717, 1.165) is 43.2 Å². The summed E-state index contributed by atoms with van der Waals surface area (Å²) in [4.78, 5) is 4.75. The van der Waals surface area contributed by atoms with E-state index < -0.39 is 9.84 Å². The van der Waals surface area contributed by atoms with Crippen LogP contribution in [0.15, 0.2) is 34.5 Å². The quantitative estimate of drug-likeness (QED) is 0.704. The number of amidine groups is 2. The lowest BCUT2D eigenvalue weighted by Gasteiger charge is -2.47. The number of nitrogens with two attached hydrogens (primary N) is 1. The van der Waals surface area contributed by atoms with E-state index in [-0.39, 0.29) is 17.9 Å². The molecule has 2 N–H and O–H groups in total. The van der Waals surface area contributed by atoms with Crippen molar-refractivity contribution in [2.45, 2.75) is 43.9 Å². The van der Waals surface area contributed by atoms with Crippen LogP contribution in [0.2, 0.25) is 5.02 Å². The molecule has 1 aromatic carbocycles. The summed E-state index contributed by atoms with van der Waals surface area (Å²) in [6, 6.07) is 8.50. The molecule has 0 radical (unpaired) electrons. The van der Waals surface area contributed by atoms with Crippen LogP contribution in [0.25, 0.3) is 0 Å². The van der Waals surface area contributed by atoms with E-state index in [1.807, 2.05) is 24.3 Å². The van der Waals surface area contributed by atoms with E-state index in [4.69, 9.17) is 22.1 Å². The van der Waals surface area contributed by atoms with Gasteiger partial charge in [0.25, 0.3) is 0 Å². The number of morpholine rings is 1. The summed E-state index contributed by atoms with van der Waals surface area (Å²) in [5, 5.41) is 8.88. The summed E-state index contributed by atoms with van der Waals surface area (Å²) in [5.41, 5.74) is 6.98. The highest BCUT2D eigenvalue weighted by molar-refractivity contribution is 7.90. The number of piperidine rings is 1. The Morgan fingerprint density at radius 1 is 1.19 bits per heavy atom. The third-order valence-corrected chi connectivity index (χ3v) is 7.44. The van der Waals surface area contributed by atoms with Crippen LogP contribution >= 0.6 is 11.6 Å². The average molecular weight is 468 g/mol. The van der Waals surface area contributed by atoms with Gasteiger partial charge >= 0.3 is 0 Å². The minimum atomic E-state index is -3.10. The molecule has 2 fully saturated rings. The first-order valence-corrected chi connectivity index (χ1v) is 13.1. The lowest BCUT2D eigenvalue weighted by molar-refractivity contribution is -0.0763. The third kappa shape index (κ3) is 5.97. The Balaban J connectivity index is 1.43. The maximum absolute atomic E-state index is 11.9. The molecule has 0 amide bonds. The number of sulfone groups is 1. The van der Waals surface area contributed by atoms with Gasteiger partial charge in [0.05, 0.1) is 24.9 Å². The van der Waals surface area contributed by atoms with Crippen LogP contribution in [0.1, 0.15) is 24.8 Å². The van der Waals surface area contributed by atoms with Crippen molar-refractivity contribution < 1.29 is 13.2 Å². The number of nitrogens with zero attached hydrogens (tertiary/aromatic N) is 4. The Kier molecular flexibility index (Phi) is 6.86. The molecule has 1 aromatic rings. The number of hydrogen-bond donors (Lipinski definition) is 1. The van der Waals surface area contributed by atoms with Crippen molar-refractivity contribution in [1.82, 2.24) is 9.80 Å². The predicted molar refractivity (Wildman–Crippen MR) is 123 cm³/mol. The van der Waals surface area contributed by atoms with Crippen LogP contribution < -0.4 is 5.73 Å². The summed E-state index contributed by atoms with van der Waals surface area (Å²) < 4.78 is 29.7. The molecular formula is C21H30ClN5O3S. The molecule has 2 saturated heterocycles. The van der Waals surface area contributed by atoms with Gasteiger partial charge in [0, 0.05) is 43.0 Å². The molecule has 10 heteroatoms. The van der Waals surface area contributed by atoms with Gasteiger partial charge in [-0.25, -0.2) is 8.42 Å². The molecule has 0 aromatic heterocycles. The van der Waals surface area contributed by atoms with Crippen molar-refractivity contribution in [2.24, 2.45) is 15.9 Å². The van der Waals surface area contributed by atoms with Crippen molar-refractivity contribution in [3.05, 3.63) is 34.9 Å². The van der Waals surface area contributed by atoms with E-state index in [1.54, 1.807) is 0 Å². The van der Waals surface area contributed by atoms with Crippen molar-refractivity contribution in [2.75, 3.05) is 38.2 Å². The molecular weight excluding hydrogens is 438 g/mol. The van der Waals surface area contributed by atoms with Gasteiger partial charge in [-0.15, -0.1) is 10.2 Å². The maximum atomic E-state index is 11.9. The monoisotopic (exact) mass is 467 g/mol. The van der Waals surface area contributed by atoms with E-state index in [9.17, 15) is 8.42 Å². The zero-order chi connectivity index (χ0) is 22.0. The molecule has 170 valence electrons. The fraction of sp³-hybridized carbons (Fsp3) is 0.619. The molecule has 0 bridgehead atoms. The second-order valence-electron chi connectivity index (χ2n) is 8.73. The molecule has 0 unspecified atom stereocenters. The zero-order valence-corrected chi connectivity index (χ0v) is 19.4. The van der Waals surface area contributed by atoms with Crippen LogP contribution in [0.4, 0.5) is 0 Å². The Morgan fingerprint density at radius 3 is 2.52 bits per heavy atom. The lowest BCUT2D eigenvalue weighted by Crippen LogP contribution is -2.58.